The second-order valence-corrected chi connectivity index (χ2v) is 4.21. The van der Waals surface area contributed by atoms with E-state index in [-0.39, 0.29) is 12.0 Å². The number of benzene rings is 1. The molecule has 1 heterocycles. The molecular formula is C13H18N2O2. The molecule has 17 heavy (non-hydrogen) atoms. The normalized spacial score (nSPS) is 19.9. The van der Waals surface area contributed by atoms with Gasteiger partial charge in [-0.1, -0.05) is 30.3 Å². The summed E-state index contributed by atoms with van der Waals surface area (Å²) in [7, 11) is 0. The van der Waals surface area contributed by atoms with Crippen molar-refractivity contribution in [2.45, 2.75) is 19.1 Å². The first kappa shape index (κ1) is 12.1. The Morgan fingerprint density at radius 3 is 2.82 bits per heavy atom. The van der Waals surface area contributed by atoms with Crippen molar-refractivity contribution in [3.63, 3.8) is 0 Å². The summed E-state index contributed by atoms with van der Waals surface area (Å²) in [5, 5.41) is 6.53. The molecule has 1 aliphatic rings. The molecule has 0 radical (unpaired) electrons. The van der Waals surface area contributed by atoms with Crippen molar-refractivity contribution < 1.29 is 9.53 Å². The highest BCUT2D eigenvalue weighted by atomic mass is 16.5. The maximum absolute atomic E-state index is 11.6. The maximum atomic E-state index is 11.6. The molecule has 4 heteroatoms. The minimum Gasteiger partial charge on any atom is -0.461 e. The van der Waals surface area contributed by atoms with Crippen LogP contribution in [0.2, 0.25) is 0 Å². The van der Waals surface area contributed by atoms with Crippen molar-refractivity contribution in [1.82, 2.24) is 10.6 Å². The zero-order valence-corrected chi connectivity index (χ0v) is 9.82. The summed E-state index contributed by atoms with van der Waals surface area (Å²) in [6, 6.07) is 9.93. The second kappa shape index (κ2) is 6.37. The molecule has 0 bridgehead atoms. The molecule has 1 aromatic carbocycles. The molecule has 2 N–H and O–H groups in total. The third kappa shape index (κ3) is 4.17. The van der Waals surface area contributed by atoms with E-state index in [4.69, 9.17) is 4.74 Å². The molecule has 0 aromatic heterocycles. The third-order valence-electron chi connectivity index (χ3n) is 2.78. The standard InChI is InChI=1S/C13H18N2O2/c16-13(8-12-9-14-6-7-15-12)17-10-11-4-2-1-3-5-11/h1-5,12,14-15H,6-10H2. The zero-order valence-electron chi connectivity index (χ0n) is 9.82. The van der Waals surface area contributed by atoms with E-state index in [0.29, 0.717) is 13.0 Å². The maximum Gasteiger partial charge on any atom is 0.307 e. The van der Waals surface area contributed by atoms with Gasteiger partial charge in [-0.15, -0.1) is 0 Å². The minimum absolute atomic E-state index is 0.143. The Labute approximate surface area is 101 Å². The Balaban J connectivity index is 1.70. The Kier molecular flexibility index (Phi) is 4.53. The van der Waals surface area contributed by atoms with Crippen LogP contribution >= 0.6 is 0 Å². The first-order valence-electron chi connectivity index (χ1n) is 5.98. The number of hydrogen-bond acceptors (Lipinski definition) is 4. The summed E-state index contributed by atoms with van der Waals surface area (Å²) in [6.07, 6.45) is 0.430. The first-order chi connectivity index (χ1) is 8.34. The number of piperazine rings is 1. The van der Waals surface area contributed by atoms with E-state index in [0.717, 1.165) is 25.2 Å². The van der Waals surface area contributed by atoms with Gasteiger partial charge in [0.2, 0.25) is 0 Å². The van der Waals surface area contributed by atoms with Crippen LogP contribution in [-0.4, -0.2) is 31.6 Å². The average Bonchev–Trinajstić information content (AvgIpc) is 2.39. The molecule has 1 aromatic rings. The predicted octanol–water partition coefficient (Wildman–Crippen LogP) is 0.681. The van der Waals surface area contributed by atoms with Crippen LogP contribution in [-0.2, 0) is 16.1 Å². The molecular weight excluding hydrogens is 216 g/mol. The SMILES string of the molecule is O=C(CC1CNCCN1)OCc1ccccc1. The van der Waals surface area contributed by atoms with E-state index in [1.165, 1.54) is 0 Å². The van der Waals surface area contributed by atoms with Crippen LogP contribution in [0.4, 0.5) is 0 Å². The average molecular weight is 234 g/mol. The van der Waals surface area contributed by atoms with E-state index >= 15 is 0 Å². The minimum atomic E-state index is -0.143. The van der Waals surface area contributed by atoms with Crippen LogP contribution in [0, 0.1) is 0 Å². The van der Waals surface area contributed by atoms with Gasteiger partial charge in [0.1, 0.15) is 6.61 Å². The highest BCUT2D eigenvalue weighted by molar-refractivity contribution is 5.70. The highest BCUT2D eigenvalue weighted by Crippen LogP contribution is 2.03. The summed E-state index contributed by atoms with van der Waals surface area (Å²) in [5.41, 5.74) is 1.02. The van der Waals surface area contributed by atoms with E-state index in [9.17, 15) is 4.79 Å². The molecule has 0 saturated carbocycles. The van der Waals surface area contributed by atoms with Crippen molar-refractivity contribution in [2.24, 2.45) is 0 Å². The zero-order chi connectivity index (χ0) is 11.9. The lowest BCUT2D eigenvalue weighted by Gasteiger charge is -2.23. The Morgan fingerprint density at radius 1 is 1.29 bits per heavy atom. The summed E-state index contributed by atoms with van der Waals surface area (Å²) >= 11 is 0. The van der Waals surface area contributed by atoms with Crippen molar-refractivity contribution in [3.05, 3.63) is 35.9 Å². The van der Waals surface area contributed by atoms with Gasteiger partial charge in [0, 0.05) is 25.7 Å². The third-order valence-corrected chi connectivity index (χ3v) is 2.78. The number of nitrogens with one attached hydrogen (secondary N) is 2. The van der Waals surface area contributed by atoms with Crippen molar-refractivity contribution in [2.75, 3.05) is 19.6 Å². The lowest BCUT2D eigenvalue weighted by molar-refractivity contribution is -0.145. The summed E-state index contributed by atoms with van der Waals surface area (Å²) < 4.78 is 5.22. The number of ether oxygens (including phenoxy) is 1. The quantitative estimate of drug-likeness (QED) is 0.752. The van der Waals surface area contributed by atoms with Crippen molar-refractivity contribution in [1.29, 1.82) is 0 Å². The van der Waals surface area contributed by atoms with E-state index < -0.39 is 0 Å². The summed E-state index contributed by atoms with van der Waals surface area (Å²) in [4.78, 5) is 11.6. The molecule has 0 spiro atoms. The fraction of sp³-hybridized carbons (Fsp3) is 0.462. The highest BCUT2D eigenvalue weighted by Gasteiger charge is 2.16. The van der Waals surface area contributed by atoms with E-state index in [1.54, 1.807) is 0 Å². The lowest BCUT2D eigenvalue weighted by Crippen LogP contribution is -2.49. The summed E-state index contributed by atoms with van der Waals surface area (Å²) in [5.74, 6) is -0.143. The second-order valence-electron chi connectivity index (χ2n) is 4.21. The predicted molar refractivity (Wildman–Crippen MR) is 65.5 cm³/mol. The van der Waals surface area contributed by atoms with E-state index in [1.807, 2.05) is 30.3 Å². The summed E-state index contributed by atoms with van der Waals surface area (Å²) in [6.45, 7) is 3.08. The molecule has 1 aliphatic heterocycles. The smallest absolute Gasteiger partial charge is 0.307 e. The van der Waals surface area contributed by atoms with Crippen LogP contribution in [0.5, 0.6) is 0 Å². The van der Waals surface area contributed by atoms with Crippen LogP contribution in [0.1, 0.15) is 12.0 Å². The number of hydrogen-bond donors (Lipinski definition) is 2. The number of esters is 1. The number of carbonyl (C=O) groups excluding carboxylic acids is 1. The molecule has 0 amide bonds. The molecule has 1 saturated heterocycles. The van der Waals surface area contributed by atoms with Crippen LogP contribution < -0.4 is 10.6 Å². The van der Waals surface area contributed by atoms with Gasteiger partial charge < -0.3 is 15.4 Å². The van der Waals surface area contributed by atoms with Gasteiger partial charge in [-0.05, 0) is 5.56 Å². The van der Waals surface area contributed by atoms with Gasteiger partial charge in [-0.2, -0.15) is 0 Å². The van der Waals surface area contributed by atoms with Crippen LogP contribution in [0.3, 0.4) is 0 Å². The van der Waals surface area contributed by atoms with Gasteiger partial charge in [0.15, 0.2) is 0 Å². The molecule has 0 aliphatic carbocycles. The van der Waals surface area contributed by atoms with Crippen molar-refractivity contribution in [3.8, 4) is 0 Å². The van der Waals surface area contributed by atoms with Gasteiger partial charge in [-0.25, -0.2) is 0 Å². The number of carbonyl (C=O) groups is 1. The van der Waals surface area contributed by atoms with E-state index in [2.05, 4.69) is 10.6 Å². The Morgan fingerprint density at radius 2 is 2.12 bits per heavy atom. The molecule has 92 valence electrons. The van der Waals surface area contributed by atoms with Gasteiger partial charge >= 0.3 is 5.97 Å². The molecule has 1 unspecified atom stereocenters. The number of rotatable bonds is 4. The topological polar surface area (TPSA) is 50.4 Å². The fourth-order valence-corrected chi connectivity index (χ4v) is 1.86. The van der Waals surface area contributed by atoms with Crippen LogP contribution in [0.25, 0.3) is 0 Å². The Hall–Kier alpha value is -1.39. The van der Waals surface area contributed by atoms with Gasteiger partial charge in [0.05, 0.1) is 6.42 Å². The molecule has 1 atom stereocenters. The van der Waals surface area contributed by atoms with Crippen LogP contribution in [0.15, 0.2) is 30.3 Å². The van der Waals surface area contributed by atoms with Gasteiger partial charge in [0.25, 0.3) is 0 Å². The molecule has 4 nitrogen and oxygen atoms in total. The monoisotopic (exact) mass is 234 g/mol. The van der Waals surface area contributed by atoms with Gasteiger partial charge in [-0.3, -0.25) is 4.79 Å². The fourth-order valence-electron chi connectivity index (χ4n) is 1.86. The molecule has 2 rings (SSSR count). The molecule has 1 fully saturated rings. The Bertz CT molecular complexity index is 348. The lowest BCUT2D eigenvalue weighted by atomic mass is 10.2. The largest absolute Gasteiger partial charge is 0.461 e. The van der Waals surface area contributed by atoms with Crippen molar-refractivity contribution >= 4 is 5.97 Å². The first-order valence-corrected chi connectivity index (χ1v) is 5.98.